The molecule has 0 N–H and O–H groups in total. The van der Waals surface area contributed by atoms with Gasteiger partial charge in [-0.15, -0.1) is 11.3 Å². The molecule has 1 aromatic heterocycles. The Bertz CT molecular complexity index is 846. The van der Waals surface area contributed by atoms with Crippen LogP contribution in [0.4, 0.5) is 0 Å². The lowest BCUT2D eigenvalue weighted by Gasteiger charge is -2.45. The summed E-state index contributed by atoms with van der Waals surface area (Å²) in [6.07, 6.45) is 1.12. The molecule has 134 valence electrons. The fourth-order valence-electron chi connectivity index (χ4n) is 3.21. The van der Waals surface area contributed by atoms with E-state index in [4.69, 9.17) is 4.74 Å². The summed E-state index contributed by atoms with van der Waals surface area (Å²) in [7, 11) is -3.83. The van der Waals surface area contributed by atoms with Gasteiger partial charge in [0.15, 0.2) is 5.06 Å². The van der Waals surface area contributed by atoms with Crippen LogP contribution in [0.1, 0.15) is 25.3 Å². The van der Waals surface area contributed by atoms with E-state index in [-0.39, 0.29) is 22.8 Å². The lowest BCUT2D eigenvalue weighted by molar-refractivity contribution is -0.147. The van der Waals surface area contributed by atoms with Crippen LogP contribution in [-0.4, -0.2) is 31.3 Å². The van der Waals surface area contributed by atoms with Gasteiger partial charge in [0.1, 0.15) is 0 Å². The second-order valence-electron chi connectivity index (χ2n) is 6.06. The number of nitrogens with zero attached hydrogens (tertiary/aromatic N) is 1. The summed E-state index contributed by atoms with van der Waals surface area (Å²) in [6.45, 7) is 4.03. The molecule has 1 amide bonds. The van der Waals surface area contributed by atoms with E-state index in [0.717, 1.165) is 9.37 Å². The summed E-state index contributed by atoms with van der Waals surface area (Å²) in [6, 6.07) is 10.2. The van der Waals surface area contributed by atoms with Crippen LogP contribution in [0.2, 0.25) is 0 Å². The highest BCUT2D eigenvalue weighted by Crippen LogP contribution is 2.37. The predicted octanol–water partition coefficient (Wildman–Crippen LogP) is 3.45. The molecule has 2 aromatic rings. The highest BCUT2D eigenvalue weighted by atomic mass is 32.2. The maximum absolute atomic E-state index is 13.0. The van der Waals surface area contributed by atoms with Crippen molar-refractivity contribution in [3.63, 3.8) is 0 Å². The van der Waals surface area contributed by atoms with Gasteiger partial charge >= 0.3 is 0 Å². The van der Waals surface area contributed by atoms with E-state index in [1.54, 1.807) is 31.2 Å². The Balaban J connectivity index is 1.78. The first-order chi connectivity index (χ1) is 12.0. The molecule has 2 heterocycles. The van der Waals surface area contributed by atoms with Crippen LogP contribution in [0.5, 0.6) is 5.06 Å². The molecular weight excluding hydrogens is 358 g/mol. The Morgan fingerprint density at radius 1 is 1.20 bits per heavy atom. The average molecular weight is 380 g/mol. The zero-order valence-corrected chi connectivity index (χ0v) is 15.8. The Hall–Kier alpha value is -1.86. The van der Waals surface area contributed by atoms with Crippen molar-refractivity contribution in [1.29, 1.82) is 0 Å². The fraction of sp³-hybridized carbons (Fsp3) is 0.389. The number of hydrogen-bond donors (Lipinski definition) is 0. The third-order valence-electron chi connectivity index (χ3n) is 4.52. The Morgan fingerprint density at radius 3 is 2.60 bits per heavy atom. The third kappa shape index (κ3) is 3.30. The molecule has 1 aliphatic heterocycles. The number of thiophene rings is 1. The minimum absolute atomic E-state index is 0.196. The molecule has 1 fully saturated rings. The molecule has 1 aliphatic rings. The van der Waals surface area contributed by atoms with Gasteiger partial charge in [-0.2, -0.15) is 0 Å². The van der Waals surface area contributed by atoms with E-state index in [2.05, 4.69) is 0 Å². The summed E-state index contributed by atoms with van der Waals surface area (Å²) < 4.78 is 32.7. The third-order valence-corrected chi connectivity index (χ3v) is 7.29. The summed E-state index contributed by atoms with van der Waals surface area (Å²) in [5.74, 6) is -0.572. The largest absolute Gasteiger partial charge is 0.484 e. The minimum Gasteiger partial charge on any atom is -0.484 e. The van der Waals surface area contributed by atoms with Crippen molar-refractivity contribution in [2.24, 2.45) is 5.92 Å². The SMILES string of the molecule is CC[C@@H]1C(=O)N(S(=O)(=O)c2ccccc2C)[C@@H]1CCOc1cccs1. The topological polar surface area (TPSA) is 63.7 Å². The van der Waals surface area contributed by atoms with Gasteiger partial charge in [-0.25, -0.2) is 12.7 Å². The highest BCUT2D eigenvalue weighted by Gasteiger charge is 2.52. The Morgan fingerprint density at radius 2 is 1.96 bits per heavy atom. The quantitative estimate of drug-likeness (QED) is 0.691. The van der Waals surface area contributed by atoms with Gasteiger partial charge in [0.2, 0.25) is 5.91 Å². The standard InChI is InChI=1S/C18H21NO4S2/c1-3-14-15(10-11-23-17-9-6-12-24-17)19(18(14)20)25(21,22)16-8-5-4-7-13(16)2/h4-9,12,14-15H,3,10-11H2,1-2H3/t14-,15+/m0/s1. The van der Waals surface area contributed by atoms with Crippen LogP contribution in [0.25, 0.3) is 0 Å². The van der Waals surface area contributed by atoms with Crippen molar-refractivity contribution < 1.29 is 17.9 Å². The second kappa shape index (κ2) is 7.17. The molecule has 1 saturated heterocycles. The Kier molecular flexibility index (Phi) is 5.15. The van der Waals surface area contributed by atoms with Crippen molar-refractivity contribution >= 4 is 27.3 Å². The molecule has 0 aliphatic carbocycles. The van der Waals surface area contributed by atoms with E-state index < -0.39 is 10.0 Å². The number of carbonyl (C=O) groups is 1. The van der Waals surface area contributed by atoms with Gasteiger partial charge in [0.25, 0.3) is 10.0 Å². The molecule has 25 heavy (non-hydrogen) atoms. The van der Waals surface area contributed by atoms with Crippen LogP contribution in [0.3, 0.4) is 0 Å². The number of ether oxygens (including phenoxy) is 1. The molecule has 5 nitrogen and oxygen atoms in total. The van der Waals surface area contributed by atoms with E-state index >= 15 is 0 Å². The highest BCUT2D eigenvalue weighted by molar-refractivity contribution is 7.89. The van der Waals surface area contributed by atoms with Gasteiger partial charge in [-0.1, -0.05) is 25.1 Å². The zero-order valence-electron chi connectivity index (χ0n) is 14.2. The molecule has 0 bridgehead atoms. The number of carbonyl (C=O) groups excluding carboxylic acids is 1. The van der Waals surface area contributed by atoms with Crippen molar-refractivity contribution in [2.45, 2.75) is 37.6 Å². The van der Waals surface area contributed by atoms with Crippen molar-refractivity contribution in [2.75, 3.05) is 6.61 Å². The minimum atomic E-state index is -3.83. The predicted molar refractivity (Wildman–Crippen MR) is 97.2 cm³/mol. The number of β-lactam (4-membered cyclic amide) rings is 1. The lowest BCUT2D eigenvalue weighted by atomic mass is 9.86. The number of hydrogen-bond acceptors (Lipinski definition) is 5. The molecule has 0 saturated carbocycles. The summed E-state index contributed by atoms with van der Waals surface area (Å²) in [4.78, 5) is 12.6. The summed E-state index contributed by atoms with van der Waals surface area (Å²) >= 11 is 1.49. The number of rotatable bonds is 7. The van der Waals surface area contributed by atoms with Crippen LogP contribution in [-0.2, 0) is 14.8 Å². The molecule has 7 heteroatoms. The smallest absolute Gasteiger partial charge is 0.267 e. The molecular formula is C18H21NO4S2. The first-order valence-electron chi connectivity index (χ1n) is 8.27. The number of amides is 1. The monoisotopic (exact) mass is 379 g/mol. The van der Waals surface area contributed by atoms with E-state index in [1.165, 1.54) is 11.3 Å². The zero-order chi connectivity index (χ0) is 18.0. The van der Waals surface area contributed by atoms with Crippen molar-refractivity contribution in [1.82, 2.24) is 4.31 Å². The van der Waals surface area contributed by atoms with Crippen LogP contribution >= 0.6 is 11.3 Å². The maximum atomic E-state index is 13.0. The summed E-state index contributed by atoms with van der Waals surface area (Å²) in [5, 5.41) is 2.72. The van der Waals surface area contributed by atoms with Crippen molar-refractivity contribution in [3.05, 3.63) is 47.3 Å². The van der Waals surface area contributed by atoms with Crippen LogP contribution < -0.4 is 4.74 Å². The first kappa shape index (κ1) is 17.9. The normalized spacial score (nSPS) is 20.4. The number of sulfonamides is 1. The van der Waals surface area contributed by atoms with Crippen LogP contribution in [0, 0.1) is 12.8 Å². The van der Waals surface area contributed by atoms with Gasteiger partial charge < -0.3 is 4.74 Å². The van der Waals surface area contributed by atoms with Crippen molar-refractivity contribution in [3.8, 4) is 5.06 Å². The van der Waals surface area contributed by atoms with E-state index in [9.17, 15) is 13.2 Å². The van der Waals surface area contributed by atoms with Gasteiger partial charge in [-0.3, -0.25) is 4.79 Å². The lowest BCUT2D eigenvalue weighted by Crippen LogP contribution is -2.63. The van der Waals surface area contributed by atoms with Gasteiger partial charge in [0.05, 0.1) is 23.5 Å². The molecule has 0 radical (unpaired) electrons. The summed E-state index contributed by atoms with van der Waals surface area (Å²) in [5.41, 5.74) is 0.642. The van der Waals surface area contributed by atoms with Gasteiger partial charge in [-0.05, 0) is 42.5 Å². The average Bonchev–Trinajstić information content (AvgIpc) is 3.08. The second-order valence-corrected chi connectivity index (χ2v) is 8.75. The molecule has 3 rings (SSSR count). The number of benzene rings is 1. The maximum Gasteiger partial charge on any atom is 0.267 e. The fourth-order valence-corrected chi connectivity index (χ4v) is 5.73. The molecule has 0 spiro atoms. The molecule has 2 atom stereocenters. The van der Waals surface area contributed by atoms with E-state index in [1.807, 2.05) is 24.4 Å². The first-order valence-corrected chi connectivity index (χ1v) is 10.6. The molecule has 0 unspecified atom stereocenters. The van der Waals surface area contributed by atoms with Gasteiger partial charge in [0, 0.05) is 6.42 Å². The van der Waals surface area contributed by atoms with E-state index in [0.29, 0.717) is 25.0 Å². The van der Waals surface area contributed by atoms with Crippen LogP contribution in [0.15, 0.2) is 46.7 Å². The Labute approximate surface area is 152 Å². The number of aryl methyl sites for hydroxylation is 1. The molecule has 1 aromatic carbocycles.